The first-order valence-electron chi connectivity index (χ1n) is 7.90. The van der Waals surface area contributed by atoms with Gasteiger partial charge in [-0.1, -0.05) is 5.16 Å². The summed E-state index contributed by atoms with van der Waals surface area (Å²) in [5, 5.41) is 3.87. The molecule has 1 N–H and O–H groups in total. The van der Waals surface area contributed by atoms with Crippen LogP contribution in [0.15, 0.2) is 4.52 Å². The van der Waals surface area contributed by atoms with Crippen molar-refractivity contribution >= 4 is 0 Å². The molecule has 2 aromatic heterocycles. The molecular formula is C15H21N5O. The first-order valence-corrected chi connectivity index (χ1v) is 7.90. The number of rotatable bonds is 3. The zero-order valence-electron chi connectivity index (χ0n) is 12.4. The van der Waals surface area contributed by atoms with Crippen LogP contribution in [0, 0.1) is 6.92 Å². The van der Waals surface area contributed by atoms with Crippen molar-refractivity contribution in [2.24, 2.45) is 0 Å². The maximum absolute atomic E-state index is 5.26. The summed E-state index contributed by atoms with van der Waals surface area (Å²) in [6.45, 7) is 3.64. The molecule has 2 aliphatic rings. The molecule has 6 heteroatoms. The lowest BCUT2D eigenvalue weighted by Crippen LogP contribution is -2.23. The fourth-order valence-electron chi connectivity index (χ4n) is 3.54. The van der Waals surface area contributed by atoms with Gasteiger partial charge in [0.15, 0.2) is 5.82 Å². The number of H-pyrrole nitrogens is 1. The minimum atomic E-state index is 0.364. The molecule has 0 radical (unpaired) electrons. The number of aromatic nitrogens is 4. The summed E-state index contributed by atoms with van der Waals surface area (Å²) >= 11 is 0. The molecule has 1 aliphatic carbocycles. The van der Waals surface area contributed by atoms with Crippen LogP contribution >= 0.6 is 0 Å². The molecule has 1 aliphatic heterocycles. The van der Waals surface area contributed by atoms with Crippen LogP contribution in [0.5, 0.6) is 0 Å². The van der Waals surface area contributed by atoms with Crippen molar-refractivity contribution in [1.82, 2.24) is 25.0 Å². The van der Waals surface area contributed by atoms with E-state index in [9.17, 15) is 0 Å². The van der Waals surface area contributed by atoms with E-state index in [1.54, 1.807) is 0 Å². The normalized spacial score (nSPS) is 22.6. The highest BCUT2D eigenvalue weighted by Gasteiger charge is 2.30. The fourth-order valence-corrected chi connectivity index (χ4v) is 3.54. The van der Waals surface area contributed by atoms with Gasteiger partial charge in [0.25, 0.3) is 0 Å². The molecule has 0 spiro atoms. The molecule has 112 valence electrons. The summed E-state index contributed by atoms with van der Waals surface area (Å²) in [6.07, 6.45) is 7.18. The molecule has 0 saturated carbocycles. The van der Waals surface area contributed by atoms with Gasteiger partial charge in [-0.2, -0.15) is 4.98 Å². The molecule has 2 aromatic rings. The van der Waals surface area contributed by atoms with Gasteiger partial charge in [-0.05, 0) is 52.0 Å². The van der Waals surface area contributed by atoms with Gasteiger partial charge in [-0.25, -0.2) is 4.98 Å². The van der Waals surface area contributed by atoms with Crippen molar-refractivity contribution in [2.45, 2.75) is 58.0 Å². The topological polar surface area (TPSA) is 70.8 Å². The number of hydrogen-bond donors (Lipinski definition) is 1. The first kappa shape index (κ1) is 13.0. The molecule has 0 amide bonds. The quantitative estimate of drug-likeness (QED) is 0.938. The van der Waals surface area contributed by atoms with Crippen molar-refractivity contribution in [3.8, 4) is 0 Å². The van der Waals surface area contributed by atoms with E-state index in [0.29, 0.717) is 17.8 Å². The summed E-state index contributed by atoms with van der Waals surface area (Å²) in [6, 6.07) is 0.364. The summed E-state index contributed by atoms with van der Waals surface area (Å²) in [7, 11) is 0. The zero-order chi connectivity index (χ0) is 14.2. The molecule has 1 fully saturated rings. The molecule has 6 nitrogen and oxygen atoms in total. The highest BCUT2D eigenvalue weighted by Crippen LogP contribution is 2.33. The number of aromatic amines is 1. The van der Waals surface area contributed by atoms with Gasteiger partial charge in [-0.3, -0.25) is 4.90 Å². The van der Waals surface area contributed by atoms with Crippen LogP contribution in [0.2, 0.25) is 0 Å². The van der Waals surface area contributed by atoms with Gasteiger partial charge in [0.05, 0.1) is 18.3 Å². The molecule has 1 saturated heterocycles. The third-order valence-corrected chi connectivity index (χ3v) is 4.56. The van der Waals surface area contributed by atoms with Crippen LogP contribution in [-0.2, 0) is 19.4 Å². The SMILES string of the molecule is Cc1noc(CN2CCC[C@@H]2c2nc3c([nH]2)CCCC3)n1. The molecule has 21 heavy (non-hydrogen) atoms. The minimum absolute atomic E-state index is 0.364. The van der Waals surface area contributed by atoms with E-state index >= 15 is 0 Å². The van der Waals surface area contributed by atoms with Crippen molar-refractivity contribution in [1.29, 1.82) is 0 Å². The average Bonchev–Trinajstić information content (AvgIpc) is 3.18. The Morgan fingerprint density at radius 3 is 2.95 bits per heavy atom. The monoisotopic (exact) mass is 287 g/mol. The second-order valence-corrected chi connectivity index (χ2v) is 6.12. The van der Waals surface area contributed by atoms with Crippen molar-refractivity contribution in [3.63, 3.8) is 0 Å². The van der Waals surface area contributed by atoms with Crippen LogP contribution in [0.3, 0.4) is 0 Å². The standard InChI is InChI=1S/C15H21N5O/c1-10-16-14(21-19-10)9-20-8-4-7-13(20)15-17-11-5-2-3-6-12(11)18-15/h13H,2-9H2,1H3,(H,17,18)/t13-/m1/s1. The van der Waals surface area contributed by atoms with E-state index in [-0.39, 0.29) is 0 Å². The third-order valence-electron chi connectivity index (χ3n) is 4.56. The molecule has 1 atom stereocenters. The van der Waals surface area contributed by atoms with Crippen LogP contribution in [0.4, 0.5) is 0 Å². The van der Waals surface area contributed by atoms with E-state index in [1.165, 1.54) is 30.7 Å². The number of likely N-dealkylation sites (tertiary alicyclic amines) is 1. The van der Waals surface area contributed by atoms with E-state index in [1.807, 2.05) is 6.92 Å². The number of nitrogens with one attached hydrogen (secondary N) is 1. The molecular weight excluding hydrogens is 266 g/mol. The molecule has 4 rings (SSSR count). The maximum atomic E-state index is 5.26. The highest BCUT2D eigenvalue weighted by atomic mass is 16.5. The van der Waals surface area contributed by atoms with Gasteiger partial charge in [0.2, 0.25) is 5.89 Å². The lowest BCUT2D eigenvalue weighted by Gasteiger charge is -2.20. The van der Waals surface area contributed by atoms with Crippen LogP contribution in [0.1, 0.15) is 60.7 Å². The largest absolute Gasteiger partial charge is 0.344 e. The Morgan fingerprint density at radius 2 is 2.14 bits per heavy atom. The molecule has 0 aromatic carbocycles. The first-order chi connectivity index (χ1) is 10.3. The Labute approximate surface area is 123 Å². The maximum Gasteiger partial charge on any atom is 0.240 e. The lowest BCUT2D eigenvalue weighted by molar-refractivity contribution is 0.206. The predicted octanol–water partition coefficient (Wildman–Crippen LogP) is 2.32. The van der Waals surface area contributed by atoms with Crippen molar-refractivity contribution in [3.05, 3.63) is 28.9 Å². The second kappa shape index (κ2) is 5.26. The third kappa shape index (κ3) is 2.48. The number of imidazole rings is 1. The van der Waals surface area contributed by atoms with Crippen LogP contribution in [-0.4, -0.2) is 31.6 Å². The number of fused-ring (bicyclic) bond motifs is 1. The van der Waals surface area contributed by atoms with E-state index in [2.05, 4.69) is 20.0 Å². The van der Waals surface area contributed by atoms with Gasteiger partial charge < -0.3 is 9.51 Å². The van der Waals surface area contributed by atoms with Gasteiger partial charge >= 0.3 is 0 Å². The van der Waals surface area contributed by atoms with E-state index < -0.39 is 0 Å². The average molecular weight is 287 g/mol. The van der Waals surface area contributed by atoms with Crippen LogP contribution in [0.25, 0.3) is 0 Å². The summed E-state index contributed by atoms with van der Waals surface area (Å²) < 4.78 is 5.26. The van der Waals surface area contributed by atoms with Crippen molar-refractivity contribution in [2.75, 3.05) is 6.54 Å². The van der Waals surface area contributed by atoms with Crippen molar-refractivity contribution < 1.29 is 4.52 Å². The van der Waals surface area contributed by atoms with E-state index in [0.717, 1.165) is 38.2 Å². The molecule has 0 unspecified atom stereocenters. The Bertz CT molecular complexity index is 608. The summed E-state index contributed by atoms with van der Waals surface area (Å²) in [5.41, 5.74) is 2.65. The minimum Gasteiger partial charge on any atom is -0.344 e. The predicted molar refractivity (Wildman–Crippen MR) is 76.6 cm³/mol. The molecule has 3 heterocycles. The summed E-state index contributed by atoms with van der Waals surface area (Å²) in [4.78, 5) is 15.2. The van der Waals surface area contributed by atoms with Gasteiger partial charge in [-0.15, -0.1) is 0 Å². The Hall–Kier alpha value is -1.69. The Morgan fingerprint density at radius 1 is 1.24 bits per heavy atom. The highest BCUT2D eigenvalue weighted by molar-refractivity contribution is 5.19. The Balaban J connectivity index is 1.54. The van der Waals surface area contributed by atoms with Crippen LogP contribution < -0.4 is 0 Å². The second-order valence-electron chi connectivity index (χ2n) is 6.12. The summed E-state index contributed by atoms with van der Waals surface area (Å²) in [5.74, 6) is 2.54. The number of aryl methyl sites for hydroxylation is 3. The lowest BCUT2D eigenvalue weighted by atomic mass is 10.0. The zero-order valence-corrected chi connectivity index (χ0v) is 12.4. The number of hydrogen-bond acceptors (Lipinski definition) is 5. The molecule has 0 bridgehead atoms. The smallest absolute Gasteiger partial charge is 0.240 e. The Kier molecular flexibility index (Phi) is 3.25. The van der Waals surface area contributed by atoms with Gasteiger partial charge in [0, 0.05) is 5.69 Å². The van der Waals surface area contributed by atoms with Gasteiger partial charge in [0.1, 0.15) is 5.82 Å². The fraction of sp³-hybridized carbons (Fsp3) is 0.667. The van der Waals surface area contributed by atoms with E-state index in [4.69, 9.17) is 9.51 Å². The number of nitrogens with zero attached hydrogens (tertiary/aromatic N) is 4.